The summed E-state index contributed by atoms with van der Waals surface area (Å²) in [6.07, 6.45) is -9.41. The Morgan fingerprint density at radius 2 is 1.70 bits per heavy atom. The first-order valence-electron chi connectivity index (χ1n) is 21.9. The molecule has 0 bridgehead atoms. The monoisotopic (exact) mass is 1050 g/mol. The van der Waals surface area contributed by atoms with Crippen molar-refractivity contribution in [3.05, 3.63) is 96.5 Å². The maximum absolute atomic E-state index is 15.2. The third-order valence-electron chi connectivity index (χ3n) is 12.5. The number of aliphatic hydroxyl groups is 4. The molecule has 0 saturated carbocycles. The molecular formula is C46H44BrFN6O17. The second-order valence-electron chi connectivity index (χ2n) is 16.9. The molecule has 0 aliphatic carbocycles. The SMILES string of the molecule is CC[C@@]1(O)C(=O)OCc2c1cc1n(c2=O)Cc2c-1nc1cc(F)c(C)c(Br)c1c2CNC(=O)OCc1ccc(O[C@@H]2O[C@H](C(=O)O)[C@@H](O)[C@H](O)[C@H]2O)c(NC(=O)CCNC(=O)CCN2C(=O)C=CC2=O)c1. The molecule has 8 rings (SSSR count). The third-order valence-corrected chi connectivity index (χ3v) is 13.5. The van der Waals surface area contributed by atoms with Crippen molar-refractivity contribution in [1.29, 1.82) is 0 Å². The number of anilines is 1. The largest absolute Gasteiger partial charge is 0.479 e. The smallest absolute Gasteiger partial charge is 0.407 e. The minimum Gasteiger partial charge on any atom is -0.479 e. The van der Waals surface area contributed by atoms with Crippen LogP contribution in [0.3, 0.4) is 0 Å². The number of alkyl carbamates (subject to hydrolysis) is 1. The number of carbonyl (C=O) groups is 7. The van der Waals surface area contributed by atoms with Crippen LogP contribution in [0.25, 0.3) is 22.3 Å². The van der Waals surface area contributed by atoms with Gasteiger partial charge in [-0.1, -0.05) is 13.0 Å². The van der Waals surface area contributed by atoms with Crippen molar-refractivity contribution >= 4 is 74.2 Å². The lowest BCUT2D eigenvalue weighted by Gasteiger charge is -2.38. The van der Waals surface area contributed by atoms with Gasteiger partial charge in [-0.25, -0.2) is 23.8 Å². The lowest BCUT2D eigenvalue weighted by Crippen LogP contribution is -2.61. The molecule has 6 heterocycles. The minimum absolute atomic E-state index is 0.0527. The molecule has 2 aromatic carbocycles. The highest BCUT2D eigenvalue weighted by atomic mass is 79.9. The van der Waals surface area contributed by atoms with Crippen LogP contribution in [0.5, 0.6) is 5.75 Å². The predicted octanol–water partition coefficient (Wildman–Crippen LogP) is 0.747. The van der Waals surface area contributed by atoms with Crippen LogP contribution in [0.1, 0.15) is 59.6 Å². The molecule has 374 valence electrons. The summed E-state index contributed by atoms with van der Waals surface area (Å²) in [5, 5.41) is 60.2. The topological polar surface area (TPSA) is 332 Å². The van der Waals surface area contributed by atoms with Gasteiger partial charge in [0.15, 0.2) is 11.7 Å². The lowest BCUT2D eigenvalue weighted by atomic mass is 9.86. The zero-order chi connectivity index (χ0) is 51.2. The standard InChI is InChI=1S/C46H44BrFN6O17/c1-3-46(67)24-13-28-36-22(16-54(28)41(62)23(24)18-68-44(46)65)21(34-27(52-36)14-25(48)19(2)35(34)47)15-50-45(66)69-17-20-4-5-29(70-43-39(61)37(59)38(60)40(71-43)42(63)64)26(12-20)51-31(56)8-10-49-30(55)9-11-53-32(57)6-7-33(53)58/h4-7,12-14,37-40,43,59-61,67H,3,8-11,15-18H2,1-2H3,(H,49,55)(H,50,66)(H,51,56)(H,63,64)/t37-,38-,39+,40-,43+,46-/m0/s1. The van der Waals surface area contributed by atoms with E-state index in [0.29, 0.717) is 21.0 Å². The van der Waals surface area contributed by atoms with Crippen LogP contribution in [0.2, 0.25) is 0 Å². The number of rotatable bonds is 15. The van der Waals surface area contributed by atoms with Crippen LogP contribution in [0.4, 0.5) is 14.9 Å². The maximum Gasteiger partial charge on any atom is 0.407 e. The molecule has 4 aliphatic heterocycles. The van der Waals surface area contributed by atoms with Gasteiger partial charge in [-0.05, 0) is 64.2 Å². The Morgan fingerprint density at radius 1 is 0.972 bits per heavy atom. The van der Waals surface area contributed by atoms with Crippen LogP contribution >= 0.6 is 15.9 Å². The Morgan fingerprint density at radius 3 is 2.41 bits per heavy atom. The first-order valence-corrected chi connectivity index (χ1v) is 22.7. The molecular weight excluding hydrogens is 1010 g/mol. The van der Waals surface area contributed by atoms with Crippen LogP contribution in [0, 0.1) is 12.7 Å². The molecule has 2 aromatic heterocycles. The Balaban J connectivity index is 1.00. The number of fused-ring (bicyclic) bond motifs is 5. The number of amides is 5. The molecule has 4 aliphatic rings. The van der Waals surface area contributed by atoms with Crippen molar-refractivity contribution in [1.82, 2.24) is 25.1 Å². The summed E-state index contributed by atoms with van der Waals surface area (Å²) in [6.45, 7) is 1.59. The number of hydrogen-bond acceptors (Lipinski definition) is 17. The number of pyridine rings is 2. The van der Waals surface area contributed by atoms with E-state index >= 15 is 4.39 Å². The van der Waals surface area contributed by atoms with Gasteiger partial charge in [-0.2, -0.15) is 0 Å². The number of esters is 1. The van der Waals surface area contributed by atoms with Gasteiger partial charge < -0.3 is 65.0 Å². The van der Waals surface area contributed by atoms with Crippen molar-refractivity contribution in [2.45, 2.75) is 95.7 Å². The fraction of sp³-hybridized carbons (Fsp3) is 0.370. The molecule has 23 nitrogen and oxygen atoms in total. The fourth-order valence-electron chi connectivity index (χ4n) is 8.53. The maximum atomic E-state index is 15.2. The van der Waals surface area contributed by atoms with Gasteiger partial charge in [0.1, 0.15) is 43.1 Å². The summed E-state index contributed by atoms with van der Waals surface area (Å²) in [4.78, 5) is 107. The minimum atomic E-state index is -2.10. The molecule has 6 atom stereocenters. The molecule has 1 saturated heterocycles. The molecule has 4 aromatic rings. The second-order valence-corrected chi connectivity index (χ2v) is 17.7. The van der Waals surface area contributed by atoms with E-state index in [1.165, 1.54) is 41.8 Å². The summed E-state index contributed by atoms with van der Waals surface area (Å²) in [6, 6.07) is 6.63. The zero-order valence-electron chi connectivity index (χ0n) is 37.5. The molecule has 0 unspecified atom stereocenters. The van der Waals surface area contributed by atoms with Crippen molar-refractivity contribution in [2.24, 2.45) is 0 Å². The summed E-state index contributed by atoms with van der Waals surface area (Å²) in [5.41, 5.74) is -0.598. The Kier molecular flexibility index (Phi) is 14.1. The predicted molar refractivity (Wildman–Crippen MR) is 242 cm³/mol. The van der Waals surface area contributed by atoms with Crippen molar-refractivity contribution in [3.8, 4) is 17.1 Å². The van der Waals surface area contributed by atoms with E-state index in [9.17, 15) is 63.9 Å². The molecule has 71 heavy (non-hydrogen) atoms. The molecule has 5 amide bonds. The average molecular weight is 1050 g/mol. The number of aromatic nitrogens is 2. The van der Waals surface area contributed by atoms with E-state index in [1.54, 1.807) is 6.92 Å². The van der Waals surface area contributed by atoms with Crippen LogP contribution in [-0.2, 0) is 74.9 Å². The van der Waals surface area contributed by atoms with Gasteiger partial charge in [0.25, 0.3) is 17.4 Å². The van der Waals surface area contributed by atoms with E-state index in [2.05, 4.69) is 31.9 Å². The summed E-state index contributed by atoms with van der Waals surface area (Å²) >= 11 is 3.48. The van der Waals surface area contributed by atoms with Crippen LogP contribution in [0.15, 0.2) is 51.8 Å². The number of nitrogens with zero attached hydrogens (tertiary/aromatic N) is 3. The summed E-state index contributed by atoms with van der Waals surface area (Å²) in [5.74, 6) is -5.84. The van der Waals surface area contributed by atoms with Crippen molar-refractivity contribution < 1.29 is 82.4 Å². The second kappa shape index (κ2) is 19.9. The molecule has 0 radical (unpaired) electrons. The summed E-state index contributed by atoms with van der Waals surface area (Å²) in [7, 11) is 0. The zero-order valence-corrected chi connectivity index (χ0v) is 39.1. The van der Waals surface area contributed by atoms with E-state index < -0.39 is 96.0 Å². The van der Waals surface area contributed by atoms with E-state index in [4.69, 9.17) is 23.9 Å². The number of carbonyl (C=O) groups excluding carboxylic acids is 6. The van der Waals surface area contributed by atoms with Crippen molar-refractivity contribution in [2.75, 3.05) is 18.4 Å². The Bertz CT molecular complexity index is 3020. The number of carboxylic acids is 1. The highest BCUT2D eigenvalue weighted by molar-refractivity contribution is 9.10. The molecule has 25 heteroatoms. The number of nitrogens with one attached hydrogen (secondary N) is 3. The van der Waals surface area contributed by atoms with Gasteiger partial charge in [0.05, 0.1) is 34.7 Å². The number of ether oxygens (including phenoxy) is 4. The van der Waals surface area contributed by atoms with Gasteiger partial charge in [0.2, 0.25) is 18.1 Å². The Hall–Kier alpha value is -7.16. The first kappa shape index (κ1) is 50.2. The molecule has 1 fully saturated rings. The van der Waals surface area contributed by atoms with E-state index in [-0.39, 0.29) is 103 Å². The number of carboxylic acid groups (broad SMARTS) is 1. The molecule has 0 spiro atoms. The Labute approximate surface area is 408 Å². The van der Waals surface area contributed by atoms with Gasteiger partial charge in [-0.3, -0.25) is 28.9 Å². The molecule has 8 N–H and O–H groups in total. The normalized spacial score (nSPS) is 22.1. The van der Waals surface area contributed by atoms with E-state index in [1.807, 2.05) is 0 Å². The van der Waals surface area contributed by atoms with Crippen molar-refractivity contribution in [3.63, 3.8) is 0 Å². The number of benzene rings is 2. The van der Waals surface area contributed by atoms with Crippen LogP contribution in [-0.4, -0.2) is 125 Å². The number of halogens is 2. The van der Waals surface area contributed by atoms with Crippen LogP contribution < -0.4 is 26.2 Å². The number of imide groups is 1. The average Bonchev–Trinajstić information content (AvgIpc) is 3.87. The number of cyclic esters (lactones) is 1. The number of hydrogen-bond donors (Lipinski definition) is 8. The van der Waals surface area contributed by atoms with Gasteiger partial charge in [-0.15, -0.1) is 0 Å². The third kappa shape index (κ3) is 9.58. The highest BCUT2D eigenvalue weighted by Crippen LogP contribution is 2.42. The fourth-order valence-corrected chi connectivity index (χ4v) is 9.17. The quantitative estimate of drug-likeness (QED) is 0.0530. The first-order chi connectivity index (χ1) is 33.7. The lowest BCUT2D eigenvalue weighted by molar-refractivity contribution is -0.271. The van der Waals surface area contributed by atoms with E-state index in [0.717, 1.165) is 17.1 Å². The van der Waals surface area contributed by atoms with Gasteiger partial charge in [0, 0.05) is 71.7 Å². The highest BCUT2D eigenvalue weighted by Gasteiger charge is 2.49. The number of aliphatic hydroxyl groups excluding tert-OH is 3. The van der Waals surface area contributed by atoms with Gasteiger partial charge >= 0.3 is 18.0 Å². The summed E-state index contributed by atoms with van der Waals surface area (Å²) < 4.78 is 38.6. The number of aliphatic carboxylic acids is 1.